The number of aldehydes is 1. The van der Waals surface area contributed by atoms with Crippen molar-refractivity contribution in [2.45, 2.75) is 59.0 Å². The zero-order chi connectivity index (χ0) is 20.3. The molecule has 0 fully saturated rings. The molecule has 0 spiro atoms. The van der Waals surface area contributed by atoms with Crippen LogP contribution in [0, 0.1) is 0 Å². The van der Waals surface area contributed by atoms with Gasteiger partial charge in [0.25, 0.3) is 0 Å². The van der Waals surface area contributed by atoms with E-state index in [1.165, 1.54) is 6.07 Å². The molecule has 0 saturated carbocycles. The molecule has 1 aromatic rings. The third kappa shape index (κ3) is 9.63. The van der Waals surface area contributed by atoms with Crippen molar-refractivity contribution in [1.82, 2.24) is 5.32 Å². The van der Waals surface area contributed by atoms with Gasteiger partial charge in [0.2, 0.25) is 0 Å². The number of rotatable bonds is 10. The summed E-state index contributed by atoms with van der Waals surface area (Å²) < 4.78 is 15.9. The molecule has 0 heterocycles. The van der Waals surface area contributed by atoms with E-state index in [-0.39, 0.29) is 24.3 Å². The zero-order valence-electron chi connectivity index (χ0n) is 16.5. The van der Waals surface area contributed by atoms with Crippen LogP contribution in [0.5, 0.6) is 11.5 Å². The first-order chi connectivity index (χ1) is 12.7. The van der Waals surface area contributed by atoms with Gasteiger partial charge in [0.05, 0.1) is 12.2 Å². The molecule has 0 aromatic heterocycles. The molecule has 0 aliphatic carbocycles. The predicted molar refractivity (Wildman–Crippen MR) is 101 cm³/mol. The van der Waals surface area contributed by atoms with Gasteiger partial charge in [0, 0.05) is 19.0 Å². The van der Waals surface area contributed by atoms with Crippen LogP contribution in [-0.2, 0) is 9.53 Å². The number of unbranched alkanes of at least 4 members (excludes halogenated alkanes) is 1. The van der Waals surface area contributed by atoms with Crippen LogP contribution >= 0.6 is 0 Å². The molecule has 0 bridgehead atoms. The second kappa shape index (κ2) is 11.2. The van der Waals surface area contributed by atoms with Crippen molar-refractivity contribution in [3.05, 3.63) is 23.8 Å². The summed E-state index contributed by atoms with van der Waals surface area (Å²) in [6, 6.07) is 4.76. The molecule has 7 nitrogen and oxygen atoms in total. The van der Waals surface area contributed by atoms with Crippen molar-refractivity contribution < 1.29 is 28.6 Å². The van der Waals surface area contributed by atoms with Gasteiger partial charge in [0.15, 0.2) is 6.29 Å². The highest BCUT2D eigenvalue weighted by molar-refractivity contribution is 5.82. The lowest BCUT2D eigenvalue weighted by molar-refractivity contribution is -0.134. The minimum absolute atomic E-state index is 0.0923. The normalized spacial score (nSPS) is 10.8. The summed E-state index contributed by atoms with van der Waals surface area (Å²) >= 11 is 0. The Bertz CT molecular complexity index is 636. The van der Waals surface area contributed by atoms with E-state index in [2.05, 4.69) is 12.2 Å². The van der Waals surface area contributed by atoms with Crippen molar-refractivity contribution in [3.63, 3.8) is 0 Å². The second-order valence-electron chi connectivity index (χ2n) is 7.03. The maximum Gasteiger partial charge on any atom is 0.407 e. The molecule has 27 heavy (non-hydrogen) atoms. The van der Waals surface area contributed by atoms with Crippen molar-refractivity contribution in [1.29, 1.82) is 0 Å². The lowest BCUT2D eigenvalue weighted by atomic mass is 10.2. The second-order valence-corrected chi connectivity index (χ2v) is 7.03. The van der Waals surface area contributed by atoms with Gasteiger partial charge in [-0.25, -0.2) is 4.79 Å². The topological polar surface area (TPSA) is 90.9 Å². The number of hydrogen-bond acceptors (Lipinski definition) is 6. The Kier molecular flexibility index (Phi) is 9.33. The number of carbonyl (C=O) groups excluding carboxylic acids is 3. The molecule has 7 heteroatoms. The van der Waals surface area contributed by atoms with Gasteiger partial charge < -0.3 is 19.5 Å². The largest absolute Gasteiger partial charge is 0.493 e. The molecule has 1 aromatic carbocycles. The van der Waals surface area contributed by atoms with Gasteiger partial charge in [-0.05, 0) is 45.7 Å². The smallest absolute Gasteiger partial charge is 0.407 e. The van der Waals surface area contributed by atoms with E-state index in [9.17, 15) is 14.4 Å². The van der Waals surface area contributed by atoms with Gasteiger partial charge in [-0.1, -0.05) is 13.3 Å². The Morgan fingerprint density at radius 3 is 2.56 bits per heavy atom. The molecule has 0 aliphatic heterocycles. The molecular weight excluding hydrogens is 350 g/mol. The fraction of sp³-hybridized carbons (Fsp3) is 0.550. The first-order valence-corrected chi connectivity index (χ1v) is 9.14. The summed E-state index contributed by atoms with van der Waals surface area (Å²) in [5.41, 5.74) is -0.295. The Labute approximate surface area is 160 Å². The van der Waals surface area contributed by atoms with Gasteiger partial charge in [0.1, 0.15) is 17.1 Å². The number of alkyl carbamates (subject to hydrolysis) is 1. The molecule has 0 radical (unpaired) electrons. The van der Waals surface area contributed by atoms with Crippen molar-refractivity contribution in [3.8, 4) is 11.5 Å². The summed E-state index contributed by atoms with van der Waals surface area (Å²) in [5.74, 6) is 0.224. The van der Waals surface area contributed by atoms with Crippen LogP contribution in [0.4, 0.5) is 4.79 Å². The highest BCUT2D eigenvalue weighted by Crippen LogP contribution is 2.24. The Morgan fingerprint density at radius 2 is 1.93 bits per heavy atom. The van der Waals surface area contributed by atoms with Crippen LogP contribution in [0.2, 0.25) is 0 Å². The van der Waals surface area contributed by atoms with E-state index in [0.29, 0.717) is 25.1 Å². The first kappa shape index (κ1) is 22.5. The number of esters is 1. The van der Waals surface area contributed by atoms with Crippen LogP contribution in [0.15, 0.2) is 18.2 Å². The molecule has 0 unspecified atom stereocenters. The monoisotopic (exact) mass is 379 g/mol. The third-order valence-electron chi connectivity index (χ3n) is 3.33. The molecular formula is C20H29NO6. The van der Waals surface area contributed by atoms with Crippen LogP contribution in [0.1, 0.15) is 63.7 Å². The van der Waals surface area contributed by atoms with E-state index in [4.69, 9.17) is 14.2 Å². The van der Waals surface area contributed by atoms with E-state index >= 15 is 0 Å². The standard InChI is InChI=1S/C20H29NO6/c1-5-6-12-25-16-10-9-15(14-22)17(13-16)26-18(23)8-7-11-21-19(24)27-20(2,3)4/h9-10,13-14H,5-8,11-12H2,1-4H3,(H,21,24). The Hall–Kier alpha value is -2.57. The van der Waals surface area contributed by atoms with E-state index in [1.807, 2.05) is 0 Å². The van der Waals surface area contributed by atoms with Crippen molar-refractivity contribution >= 4 is 18.3 Å². The van der Waals surface area contributed by atoms with Gasteiger partial charge >= 0.3 is 12.1 Å². The summed E-state index contributed by atoms with van der Waals surface area (Å²) in [6.07, 6.45) is 2.50. The zero-order valence-corrected chi connectivity index (χ0v) is 16.5. The summed E-state index contributed by atoms with van der Waals surface area (Å²) in [5, 5.41) is 2.57. The lowest BCUT2D eigenvalue weighted by Crippen LogP contribution is -2.33. The number of hydrogen-bond donors (Lipinski definition) is 1. The van der Waals surface area contributed by atoms with E-state index in [0.717, 1.165) is 12.8 Å². The van der Waals surface area contributed by atoms with Crippen molar-refractivity contribution in [2.75, 3.05) is 13.2 Å². The number of nitrogens with one attached hydrogen (secondary N) is 1. The lowest BCUT2D eigenvalue weighted by Gasteiger charge is -2.19. The Morgan fingerprint density at radius 1 is 1.19 bits per heavy atom. The van der Waals surface area contributed by atoms with E-state index in [1.54, 1.807) is 32.9 Å². The average Bonchev–Trinajstić information content (AvgIpc) is 2.58. The van der Waals surface area contributed by atoms with Crippen LogP contribution in [-0.4, -0.2) is 37.1 Å². The predicted octanol–water partition coefficient (Wildman–Crippen LogP) is 3.89. The molecule has 0 saturated heterocycles. The van der Waals surface area contributed by atoms with Crippen LogP contribution in [0.3, 0.4) is 0 Å². The molecule has 0 aliphatic rings. The van der Waals surface area contributed by atoms with Gasteiger partial charge in [-0.3, -0.25) is 9.59 Å². The minimum Gasteiger partial charge on any atom is -0.493 e. The maximum atomic E-state index is 12.0. The highest BCUT2D eigenvalue weighted by atomic mass is 16.6. The van der Waals surface area contributed by atoms with Gasteiger partial charge in [-0.2, -0.15) is 0 Å². The maximum absolute atomic E-state index is 12.0. The summed E-state index contributed by atoms with van der Waals surface area (Å²) in [6.45, 7) is 8.22. The molecule has 1 N–H and O–H groups in total. The van der Waals surface area contributed by atoms with Gasteiger partial charge in [-0.15, -0.1) is 0 Å². The molecule has 0 atom stereocenters. The number of ether oxygens (including phenoxy) is 3. The van der Waals surface area contributed by atoms with Crippen molar-refractivity contribution in [2.24, 2.45) is 0 Å². The number of benzene rings is 1. The molecule has 1 rings (SSSR count). The number of amides is 1. The summed E-state index contributed by atoms with van der Waals surface area (Å²) in [7, 11) is 0. The average molecular weight is 379 g/mol. The number of carbonyl (C=O) groups is 3. The molecule has 150 valence electrons. The highest BCUT2D eigenvalue weighted by Gasteiger charge is 2.16. The molecule has 1 amide bonds. The van der Waals surface area contributed by atoms with E-state index < -0.39 is 17.7 Å². The SMILES string of the molecule is CCCCOc1ccc(C=O)c(OC(=O)CCCNC(=O)OC(C)(C)C)c1. The third-order valence-corrected chi connectivity index (χ3v) is 3.33. The Balaban J connectivity index is 2.47. The van der Waals surface area contributed by atoms with Crippen LogP contribution < -0.4 is 14.8 Å². The van der Waals surface area contributed by atoms with Crippen LogP contribution in [0.25, 0.3) is 0 Å². The first-order valence-electron chi connectivity index (χ1n) is 9.14. The minimum atomic E-state index is -0.571. The quantitative estimate of drug-likeness (QED) is 0.287. The fourth-order valence-electron chi connectivity index (χ4n) is 2.04. The fourth-order valence-corrected chi connectivity index (χ4v) is 2.04. The summed E-state index contributed by atoms with van der Waals surface area (Å²) in [4.78, 5) is 34.7.